The van der Waals surface area contributed by atoms with E-state index in [9.17, 15) is 8.42 Å². The monoisotopic (exact) mass is 413 g/mol. The van der Waals surface area contributed by atoms with Gasteiger partial charge in [-0.25, -0.2) is 8.42 Å². The van der Waals surface area contributed by atoms with E-state index in [-0.39, 0.29) is 4.90 Å². The van der Waals surface area contributed by atoms with Crippen LogP contribution in [-0.4, -0.2) is 18.4 Å². The number of fused-ring (bicyclic) bond motifs is 1. The number of aryl methyl sites for hydroxylation is 2. The Morgan fingerprint density at radius 2 is 1.77 bits per heavy atom. The van der Waals surface area contributed by atoms with Gasteiger partial charge in [0.1, 0.15) is 4.90 Å². The van der Waals surface area contributed by atoms with Gasteiger partial charge in [-0.05, 0) is 55.3 Å². The third-order valence-electron chi connectivity index (χ3n) is 4.62. The molecule has 4 aromatic rings. The number of hydrogen-bond acceptors (Lipinski definition) is 4. The fourth-order valence-electron chi connectivity index (χ4n) is 3.18. The van der Waals surface area contributed by atoms with E-state index >= 15 is 0 Å². The molecule has 6 heteroatoms. The van der Waals surface area contributed by atoms with Crippen LogP contribution in [0.15, 0.2) is 78.1 Å². The fourth-order valence-corrected chi connectivity index (χ4v) is 4.67. The highest BCUT2D eigenvalue weighted by atomic mass is 32.2. The molecular weight excluding hydrogens is 394 g/mol. The van der Waals surface area contributed by atoms with Crippen LogP contribution in [0.1, 0.15) is 22.3 Å². The smallest absolute Gasteiger partial charge is 0.264 e. The number of nitrogens with one attached hydrogen (secondary N) is 1. The molecule has 0 saturated heterocycles. The number of benzene rings is 2. The number of anilines is 1. The van der Waals surface area contributed by atoms with Gasteiger partial charge in [0.25, 0.3) is 10.0 Å². The normalized spacial score (nSPS) is 11.0. The Morgan fingerprint density at radius 3 is 2.57 bits per heavy atom. The van der Waals surface area contributed by atoms with Crippen LogP contribution in [0.5, 0.6) is 0 Å². The van der Waals surface area contributed by atoms with Crippen molar-refractivity contribution >= 4 is 26.6 Å². The van der Waals surface area contributed by atoms with Gasteiger partial charge < -0.3 is 0 Å². The lowest BCUT2D eigenvalue weighted by atomic mass is 10.1. The van der Waals surface area contributed by atoms with Crippen molar-refractivity contribution in [1.29, 1.82) is 0 Å². The predicted molar refractivity (Wildman–Crippen MR) is 119 cm³/mol. The van der Waals surface area contributed by atoms with E-state index in [1.54, 1.807) is 49.8 Å². The van der Waals surface area contributed by atoms with Crippen LogP contribution < -0.4 is 4.72 Å². The molecule has 0 atom stereocenters. The summed E-state index contributed by atoms with van der Waals surface area (Å²) < 4.78 is 29.4. The first-order valence-electron chi connectivity index (χ1n) is 9.34. The van der Waals surface area contributed by atoms with Gasteiger partial charge in [0.05, 0.1) is 11.2 Å². The topological polar surface area (TPSA) is 72.0 Å². The van der Waals surface area contributed by atoms with Crippen LogP contribution in [0.25, 0.3) is 10.9 Å². The zero-order valence-electron chi connectivity index (χ0n) is 16.5. The molecule has 0 aliphatic rings. The molecule has 1 N–H and O–H groups in total. The van der Waals surface area contributed by atoms with Crippen LogP contribution in [0, 0.1) is 25.7 Å². The third-order valence-corrected chi connectivity index (χ3v) is 6.16. The summed E-state index contributed by atoms with van der Waals surface area (Å²) in [7, 11) is -3.88. The Balaban J connectivity index is 1.79. The number of nitrogens with zero attached hydrogens (tertiary/aromatic N) is 2. The van der Waals surface area contributed by atoms with E-state index in [2.05, 4.69) is 26.5 Å². The molecule has 0 saturated carbocycles. The van der Waals surface area contributed by atoms with Crippen molar-refractivity contribution in [3.8, 4) is 11.8 Å². The molecule has 2 aromatic heterocycles. The molecular formula is C24H19N3O2S. The van der Waals surface area contributed by atoms with Gasteiger partial charge in [-0.3, -0.25) is 14.7 Å². The van der Waals surface area contributed by atoms with Crippen LogP contribution >= 0.6 is 0 Å². The molecule has 2 heterocycles. The Labute approximate surface area is 175 Å². The molecule has 0 unspecified atom stereocenters. The molecule has 0 amide bonds. The fraction of sp³-hybridized carbons (Fsp3) is 0.0833. The van der Waals surface area contributed by atoms with Crippen LogP contribution in [0.2, 0.25) is 0 Å². The molecule has 0 fully saturated rings. The number of aromatic nitrogens is 2. The molecule has 0 aliphatic heterocycles. The lowest BCUT2D eigenvalue weighted by molar-refractivity contribution is 0.601. The molecule has 30 heavy (non-hydrogen) atoms. The summed E-state index contributed by atoms with van der Waals surface area (Å²) in [4.78, 5) is 8.54. The van der Waals surface area contributed by atoms with Crippen molar-refractivity contribution in [2.45, 2.75) is 18.7 Å². The lowest BCUT2D eigenvalue weighted by Crippen LogP contribution is -2.16. The van der Waals surface area contributed by atoms with Crippen molar-refractivity contribution in [2.75, 3.05) is 4.72 Å². The number of rotatable bonds is 3. The molecule has 5 nitrogen and oxygen atoms in total. The molecule has 0 bridgehead atoms. The highest BCUT2D eigenvalue weighted by Gasteiger charge is 2.22. The zero-order valence-corrected chi connectivity index (χ0v) is 17.4. The van der Waals surface area contributed by atoms with E-state index in [4.69, 9.17) is 0 Å². The summed E-state index contributed by atoms with van der Waals surface area (Å²) in [6.07, 6.45) is 4.94. The Kier molecular flexibility index (Phi) is 5.21. The second-order valence-corrected chi connectivity index (χ2v) is 8.55. The summed E-state index contributed by atoms with van der Waals surface area (Å²) in [6, 6.07) is 16.4. The molecule has 4 rings (SSSR count). The third kappa shape index (κ3) is 4.02. The Bertz CT molecular complexity index is 1400. The highest BCUT2D eigenvalue weighted by molar-refractivity contribution is 7.93. The van der Waals surface area contributed by atoms with Crippen LogP contribution in [0.3, 0.4) is 0 Å². The summed E-state index contributed by atoms with van der Waals surface area (Å²) in [5.74, 6) is 6.10. The van der Waals surface area contributed by atoms with Crippen molar-refractivity contribution in [1.82, 2.24) is 9.97 Å². The first-order chi connectivity index (χ1) is 14.4. The van der Waals surface area contributed by atoms with Crippen molar-refractivity contribution in [3.63, 3.8) is 0 Å². The predicted octanol–water partition coefficient (Wildman–Crippen LogP) is 4.45. The average Bonchev–Trinajstić information content (AvgIpc) is 2.74. The number of sulfonamides is 1. The van der Waals surface area contributed by atoms with E-state index in [1.807, 2.05) is 37.3 Å². The summed E-state index contributed by atoms with van der Waals surface area (Å²) in [5.41, 5.74) is 3.82. The minimum Gasteiger partial charge on any atom is -0.278 e. The molecule has 148 valence electrons. The minimum absolute atomic E-state index is 0.173. The van der Waals surface area contributed by atoms with Crippen LogP contribution in [-0.2, 0) is 10.0 Å². The van der Waals surface area contributed by atoms with Crippen molar-refractivity contribution in [2.24, 2.45) is 0 Å². The maximum absolute atomic E-state index is 13.3. The largest absolute Gasteiger partial charge is 0.278 e. The molecule has 0 radical (unpaired) electrons. The summed E-state index contributed by atoms with van der Waals surface area (Å²) >= 11 is 0. The summed E-state index contributed by atoms with van der Waals surface area (Å²) in [6.45, 7) is 3.70. The Hall–Kier alpha value is -3.69. The van der Waals surface area contributed by atoms with Gasteiger partial charge in [0, 0.05) is 35.1 Å². The lowest BCUT2D eigenvalue weighted by Gasteiger charge is -2.14. The second kappa shape index (κ2) is 7.97. The second-order valence-electron chi connectivity index (χ2n) is 6.93. The van der Waals surface area contributed by atoms with E-state index in [0.29, 0.717) is 22.3 Å². The maximum Gasteiger partial charge on any atom is 0.264 e. The highest BCUT2D eigenvalue weighted by Crippen LogP contribution is 2.28. The van der Waals surface area contributed by atoms with E-state index in [0.717, 1.165) is 16.5 Å². The van der Waals surface area contributed by atoms with Gasteiger partial charge in [-0.2, -0.15) is 0 Å². The first-order valence-corrected chi connectivity index (χ1v) is 10.8. The SMILES string of the molecule is Cc1ccc(NS(=O)(=O)c2c(C)ccc3cccnc23)c(C#Cc2cccnc2)c1. The molecule has 0 spiro atoms. The minimum atomic E-state index is -3.88. The van der Waals surface area contributed by atoms with Gasteiger partial charge in [-0.15, -0.1) is 0 Å². The quantitative estimate of drug-likeness (QED) is 0.504. The van der Waals surface area contributed by atoms with E-state index < -0.39 is 10.0 Å². The number of hydrogen-bond donors (Lipinski definition) is 1. The molecule has 0 aliphatic carbocycles. The van der Waals surface area contributed by atoms with Gasteiger partial charge in [0.15, 0.2) is 0 Å². The van der Waals surface area contributed by atoms with E-state index in [1.165, 1.54) is 0 Å². The first kappa shape index (κ1) is 19.6. The van der Waals surface area contributed by atoms with Gasteiger partial charge in [0.2, 0.25) is 0 Å². The zero-order chi connectivity index (χ0) is 21.1. The van der Waals surface area contributed by atoms with Crippen LogP contribution in [0.4, 0.5) is 5.69 Å². The number of pyridine rings is 2. The standard InChI is InChI=1S/C24H19N3O2S/c1-17-7-12-22(21(15-17)11-9-19-5-3-13-25-16-19)27-30(28,29)24-18(2)8-10-20-6-4-14-26-23(20)24/h3-8,10,12-16,27H,1-2H3. The van der Waals surface area contributed by atoms with Crippen molar-refractivity contribution < 1.29 is 8.42 Å². The maximum atomic E-state index is 13.3. The Morgan fingerprint density at radius 1 is 0.933 bits per heavy atom. The summed E-state index contributed by atoms with van der Waals surface area (Å²) in [5, 5.41) is 0.768. The van der Waals surface area contributed by atoms with Crippen molar-refractivity contribution in [3.05, 3.63) is 95.4 Å². The van der Waals surface area contributed by atoms with Gasteiger partial charge >= 0.3 is 0 Å². The van der Waals surface area contributed by atoms with Gasteiger partial charge in [-0.1, -0.05) is 36.1 Å². The molecule has 2 aromatic carbocycles. The average molecular weight is 414 g/mol.